The first-order chi connectivity index (χ1) is 15.7. The Balaban J connectivity index is 0.00000114. The number of benzene rings is 2. The van der Waals surface area contributed by atoms with Crippen LogP contribution in [0.4, 0.5) is 11.5 Å². The maximum atomic E-state index is 5.86. The van der Waals surface area contributed by atoms with Crippen molar-refractivity contribution in [1.82, 2.24) is 14.9 Å². The van der Waals surface area contributed by atoms with E-state index in [1.54, 1.807) is 14.2 Å². The number of nitrogens with one attached hydrogen (secondary N) is 3. The van der Waals surface area contributed by atoms with E-state index in [0.29, 0.717) is 43.7 Å². The zero-order valence-electron chi connectivity index (χ0n) is 17.9. The maximum Gasteiger partial charge on any atom is 0.211 e. The van der Waals surface area contributed by atoms with Crippen LogP contribution < -0.4 is 19.7 Å². The van der Waals surface area contributed by atoms with Gasteiger partial charge in [-0.1, -0.05) is 12.0 Å². The molecule has 0 aliphatic heterocycles. The normalized spacial score (nSPS) is 9.78. The van der Waals surface area contributed by atoms with Crippen molar-refractivity contribution in [1.29, 1.82) is 11.1 Å². The fourth-order valence-corrected chi connectivity index (χ4v) is 2.68. The largest absolute Gasteiger partial charge is 0.487 e. The van der Waals surface area contributed by atoms with Crippen molar-refractivity contribution in [3.8, 4) is 23.8 Å². The lowest BCUT2D eigenvalue weighted by molar-refractivity contribution is 0.132. The summed E-state index contributed by atoms with van der Waals surface area (Å²) in [6, 6.07) is 11.3. The Labute approximate surface area is 185 Å². The van der Waals surface area contributed by atoms with Crippen LogP contribution in [0.15, 0.2) is 42.7 Å². The summed E-state index contributed by atoms with van der Waals surface area (Å²) in [4.78, 5) is 10.8. The van der Waals surface area contributed by atoms with E-state index in [4.69, 9.17) is 36.4 Å². The molecule has 0 saturated carbocycles. The molecule has 3 aromatic rings. The molecule has 3 N–H and O–H groups in total. The fourth-order valence-electron chi connectivity index (χ4n) is 2.68. The molecule has 0 amide bonds. The standard InChI is InChI=1S/C22H23N3O4.H2N3/c1-4-16-6-5-7-17(12-16)25-22-18-13-20(28-10-8-26-2)21(29-11-9-27-3)14-19(18)23-15-24-22;1-3-2/h1,5-7,12-15H,8-11H2,2-3H3,(H,23,24,25);1-2H/q;+1. The summed E-state index contributed by atoms with van der Waals surface area (Å²) in [6.07, 6.45) is 6.99. The molecule has 32 heavy (non-hydrogen) atoms. The first kappa shape index (κ1) is 24.2. The summed E-state index contributed by atoms with van der Waals surface area (Å²) in [5.41, 5.74) is 13.3. The van der Waals surface area contributed by atoms with E-state index >= 15 is 0 Å². The highest BCUT2D eigenvalue weighted by Crippen LogP contribution is 2.35. The molecule has 0 spiro atoms. The van der Waals surface area contributed by atoms with E-state index in [1.165, 1.54) is 6.33 Å². The summed E-state index contributed by atoms with van der Waals surface area (Å²) in [5, 5.41) is 4.10. The van der Waals surface area contributed by atoms with Crippen LogP contribution in [-0.4, -0.2) is 50.6 Å². The van der Waals surface area contributed by atoms with Crippen LogP contribution in [0.1, 0.15) is 5.56 Å². The number of nitrogens with zero attached hydrogens (tertiary/aromatic N) is 3. The van der Waals surface area contributed by atoms with Gasteiger partial charge in [0.15, 0.2) is 11.5 Å². The van der Waals surface area contributed by atoms with Gasteiger partial charge in [0.25, 0.3) is 0 Å². The van der Waals surface area contributed by atoms with E-state index in [-0.39, 0.29) is 0 Å². The molecule has 3 rings (SSSR count). The zero-order chi connectivity index (χ0) is 23.2. The van der Waals surface area contributed by atoms with Crippen LogP contribution >= 0.6 is 0 Å². The molecule has 10 heteroatoms. The molecule has 10 nitrogen and oxygen atoms in total. The van der Waals surface area contributed by atoms with Crippen molar-refractivity contribution in [3.63, 3.8) is 0 Å². The van der Waals surface area contributed by atoms with Crippen LogP contribution in [0.5, 0.6) is 11.5 Å². The Bertz CT molecular complexity index is 1090. The molecule has 0 saturated heterocycles. The van der Waals surface area contributed by atoms with Gasteiger partial charge in [-0.05, 0) is 24.3 Å². The van der Waals surface area contributed by atoms with Gasteiger partial charge >= 0.3 is 0 Å². The third-order valence-corrected chi connectivity index (χ3v) is 4.08. The number of hydrogen-bond acceptors (Lipinski definition) is 9. The number of terminal acetylenes is 1. The molecule has 1 heterocycles. The summed E-state index contributed by atoms with van der Waals surface area (Å²) >= 11 is 0. The monoisotopic (exact) mass is 437 g/mol. The van der Waals surface area contributed by atoms with Crippen molar-refractivity contribution >= 4 is 22.4 Å². The minimum atomic E-state index is 0.392. The van der Waals surface area contributed by atoms with Crippen molar-refractivity contribution in [3.05, 3.63) is 48.3 Å². The lowest BCUT2D eigenvalue weighted by Crippen LogP contribution is -2.09. The second-order valence-electron chi connectivity index (χ2n) is 6.18. The minimum absolute atomic E-state index is 0.392. The summed E-state index contributed by atoms with van der Waals surface area (Å²) in [5.74, 6) is 4.44. The molecule has 0 fully saturated rings. The van der Waals surface area contributed by atoms with Gasteiger partial charge in [0.1, 0.15) is 36.4 Å². The lowest BCUT2D eigenvalue weighted by Gasteiger charge is -2.15. The second-order valence-corrected chi connectivity index (χ2v) is 6.18. The van der Waals surface area contributed by atoms with Gasteiger partial charge in [-0.3, -0.25) is 0 Å². The number of anilines is 2. The smallest absolute Gasteiger partial charge is 0.211 e. The highest BCUT2D eigenvalue weighted by Gasteiger charge is 2.13. The summed E-state index contributed by atoms with van der Waals surface area (Å²) in [7, 11) is 3.25. The van der Waals surface area contributed by atoms with Crippen molar-refractivity contribution in [2.75, 3.05) is 46.0 Å². The molecule has 2 aromatic carbocycles. The first-order valence-corrected chi connectivity index (χ1v) is 9.56. The van der Waals surface area contributed by atoms with Crippen LogP contribution in [0, 0.1) is 23.4 Å². The third-order valence-electron chi connectivity index (χ3n) is 4.08. The molecule has 1 aromatic heterocycles. The molecule has 0 atom stereocenters. The number of ether oxygens (including phenoxy) is 4. The molecular formula is C22H25N6O4+. The van der Waals surface area contributed by atoms with Crippen molar-refractivity contribution in [2.24, 2.45) is 0 Å². The quantitative estimate of drug-likeness (QED) is 0.191. The van der Waals surface area contributed by atoms with Crippen LogP contribution in [-0.2, 0) is 9.47 Å². The Morgan fingerprint density at radius 2 is 1.62 bits per heavy atom. The van der Waals surface area contributed by atoms with E-state index in [2.05, 4.69) is 21.2 Å². The maximum absolute atomic E-state index is 5.86. The molecule has 0 aliphatic rings. The molecular weight excluding hydrogens is 412 g/mol. The van der Waals surface area contributed by atoms with Gasteiger partial charge in [-0.2, -0.15) is 0 Å². The first-order valence-electron chi connectivity index (χ1n) is 9.56. The number of aromatic nitrogens is 2. The van der Waals surface area contributed by atoms with E-state index in [0.717, 1.165) is 22.2 Å². The second kappa shape index (κ2) is 13.3. The highest BCUT2D eigenvalue weighted by molar-refractivity contribution is 5.93. The zero-order valence-corrected chi connectivity index (χ0v) is 17.9. The Morgan fingerprint density at radius 3 is 2.25 bits per heavy atom. The van der Waals surface area contributed by atoms with Gasteiger partial charge < -0.3 is 24.3 Å². The average Bonchev–Trinajstić information content (AvgIpc) is 2.80. The number of methoxy groups -OCH3 is 2. The predicted octanol–water partition coefficient (Wildman–Crippen LogP) is 3.52. The molecule has 0 bridgehead atoms. The SMILES string of the molecule is C#Cc1cccc(Nc2ncnc3cc(OCCOC)c(OCCOC)cc23)c1.N=[N+]=N. The van der Waals surface area contributed by atoms with E-state index in [9.17, 15) is 0 Å². The molecule has 0 radical (unpaired) electrons. The molecule has 0 unspecified atom stereocenters. The van der Waals surface area contributed by atoms with Gasteiger partial charge in [0.05, 0.1) is 18.7 Å². The summed E-state index contributed by atoms with van der Waals surface area (Å²) < 4.78 is 21.8. The van der Waals surface area contributed by atoms with Crippen LogP contribution in [0.3, 0.4) is 0 Å². The van der Waals surface area contributed by atoms with Crippen molar-refractivity contribution < 1.29 is 18.9 Å². The average molecular weight is 437 g/mol. The Hall–Kier alpha value is -4.03. The van der Waals surface area contributed by atoms with Crippen LogP contribution in [0.2, 0.25) is 0 Å². The third kappa shape index (κ3) is 7.04. The van der Waals surface area contributed by atoms with Gasteiger partial charge in [0.2, 0.25) is 4.91 Å². The number of fused-ring (bicyclic) bond motifs is 1. The topological polar surface area (TPSA) is 137 Å². The molecule has 0 aliphatic carbocycles. The Kier molecular flexibility index (Phi) is 10.1. The van der Waals surface area contributed by atoms with Crippen molar-refractivity contribution in [2.45, 2.75) is 0 Å². The minimum Gasteiger partial charge on any atom is -0.487 e. The fraction of sp³-hybridized carbons (Fsp3) is 0.273. The predicted molar refractivity (Wildman–Crippen MR) is 120 cm³/mol. The van der Waals surface area contributed by atoms with Gasteiger partial charge in [-0.15, -0.1) is 6.42 Å². The van der Waals surface area contributed by atoms with Gasteiger partial charge in [-0.25, -0.2) is 9.97 Å². The summed E-state index contributed by atoms with van der Waals surface area (Å²) in [6.45, 7) is 1.73. The van der Waals surface area contributed by atoms with E-state index < -0.39 is 0 Å². The highest BCUT2D eigenvalue weighted by atomic mass is 16.5. The number of hydrogen-bond donors (Lipinski definition) is 3. The Morgan fingerprint density at radius 1 is 0.969 bits per heavy atom. The molecule has 166 valence electrons. The van der Waals surface area contributed by atoms with Gasteiger partial charge in [0, 0.05) is 36.9 Å². The lowest BCUT2D eigenvalue weighted by atomic mass is 10.2. The van der Waals surface area contributed by atoms with Crippen LogP contribution in [0.25, 0.3) is 10.9 Å². The number of rotatable bonds is 10. The van der Waals surface area contributed by atoms with E-state index in [1.807, 2.05) is 41.3 Å².